The van der Waals surface area contributed by atoms with Gasteiger partial charge in [0, 0.05) is 19.1 Å². The van der Waals surface area contributed by atoms with Gasteiger partial charge in [-0.1, -0.05) is 50.1 Å². The van der Waals surface area contributed by atoms with E-state index in [2.05, 4.69) is 4.74 Å². The van der Waals surface area contributed by atoms with Gasteiger partial charge in [0.15, 0.2) is 0 Å². The van der Waals surface area contributed by atoms with Crippen LogP contribution in [0.15, 0.2) is 30.3 Å². The summed E-state index contributed by atoms with van der Waals surface area (Å²) in [6, 6.07) is 6.64. The van der Waals surface area contributed by atoms with Crippen LogP contribution in [0.25, 0.3) is 0 Å². The maximum atomic E-state index is 13.7. The predicted octanol–water partition coefficient (Wildman–Crippen LogP) is 3.97. The van der Waals surface area contributed by atoms with Gasteiger partial charge in [0.05, 0.1) is 12.2 Å². The largest absolute Gasteiger partial charge is 0.463 e. The van der Waals surface area contributed by atoms with E-state index in [-0.39, 0.29) is 18.6 Å². The van der Waals surface area contributed by atoms with Crippen LogP contribution in [-0.4, -0.2) is 36.6 Å². The Labute approximate surface area is 145 Å². The number of carbonyl (C=O) groups excluding carboxylic acids is 1. The second-order valence-electron chi connectivity index (χ2n) is 6.24. The van der Waals surface area contributed by atoms with Crippen LogP contribution >= 0.6 is 0 Å². The van der Waals surface area contributed by atoms with Crippen LogP contribution in [0.4, 0.5) is 13.2 Å². The molecule has 0 saturated carbocycles. The maximum Gasteiger partial charge on any atom is 0.432 e. The number of halogens is 3. The van der Waals surface area contributed by atoms with Crippen molar-refractivity contribution in [1.82, 2.24) is 0 Å². The van der Waals surface area contributed by atoms with Crippen molar-refractivity contribution in [3.63, 3.8) is 0 Å². The fourth-order valence-electron chi connectivity index (χ4n) is 2.53. The third-order valence-corrected chi connectivity index (χ3v) is 4.12. The Balaban J connectivity index is 2.92. The summed E-state index contributed by atoms with van der Waals surface area (Å²) in [7, 11) is 0.819. The number of methoxy groups -OCH3 is 1. The summed E-state index contributed by atoms with van der Waals surface area (Å²) in [4.78, 5) is 12.3. The highest BCUT2D eigenvalue weighted by Crippen LogP contribution is 2.43. The minimum atomic E-state index is -5.00. The van der Waals surface area contributed by atoms with Crippen molar-refractivity contribution in [2.75, 3.05) is 13.7 Å². The first-order valence-corrected chi connectivity index (χ1v) is 8.17. The summed E-state index contributed by atoms with van der Waals surface area (Å²) in [6.45, 7) is 3.21. The van der Waals surface area contributed by atoms with Gasteiger partial charge in [0.1, 0.15) is 0 Å². The Morgan fingerprint density at radius 1 is 1.16 bits per heavy atom. The lowest BCUT2D eigenvalue weighted by atomic mass is 9.92. The normalized spacial score (nSPS) is 16.8. The lowest BCUT2D eigenvalue weighted by Gasteiger charge is -2.32. The van der Waals surface area contributed by atoms with E-state index in [4.69, 9.17) is 4.74 Å². The van der Waals surface area contributed by atoms with Crippen LogP contribution in [0, 0.1) is 0 Å². The first-order valence-electron chi connectivity index (χ1n) is 8.17. The van der Waals surface area contributed by atoms with Crippen molar-refractivity contribution in [3.8, 4) is 0 Å². The monoisotopic (exact) mass is 362 g/mol. The molecule has 0 aliphatic heterocycles. The maximum absolute atomic E-state index is 13.7. The molecule has 0 spiro atoms. The Morgan fingerprint density at radius 3 is 2.24 bits per heavy atom. The average molecular weight is 362 g/mol. The molecule has 25 heavy (non-hydrogen) atoms. The molecule has 0 radical (unpaired) electrons. The summed E-state index contributed by atoms with van der Waals surface area (Å²) in [5.41, 5.74) is -4.65. The van der Waals surface area contributed by atoms with Gasteiger partial charge in [-0.15, -0.1) is 0 Å². The van der Waals surface area contributed by atoms with Crippen molar-refractivity contribution in [1.29, 1.82) is 0 Å². The van der Waals surface area contributed by atoms with Crippen molar-refractivity contribution in [2.24, 2.45) is 0 Å². The number of rotatable bonds is 9. The predicted molar refractivity (Wildman–Crippen MR) is 86.9 cm³/mol. The zero-order chi connectivity index (χ0) is 19.1. The standard InChI is InChI=1S/C18H25F3O4/c1-4-5-11-16(2,23)12-13-25-15(22)17(24-3,18(19,20)21)14-9-7-6-8-10-14/h6-10,23H,4-5,11-13H2,1-3H3. The molecule has 2 atom stereocenters. The van der Waals surface area contributed by atoms with E-state index in [1.54, 1.807) is 6.92 Å². The van der Waals surface area contributed by atoms with Crippen LogP contribution in [-0.2, 0) is 19.9 Å². The molecule has 0 aliphatic carbocycles. The zero-order valence-electron chi connectivity index (χ0n) is 14.7. The van der Waals surface area contributed by atoms with Gasteiger partial charge in [-0.3, -0.25) is 0 Å². The first kappa shape index (κ1) is 21.4. The van der Waals surface area contributed by atoms with Gasteiger partial charge in [-0.25, -0.2) is 4.79 Å². The molecule has 1 rings (SSSR count). The Hall–Kier alpha value is -1.60. The fourth-order valence-corrected chi connectivity index (χ4v) is 2.53. The van der Waals surface area contributed by atoms with Gasteiger partial charge in [-0.05, 0) is 13.3 Å². The van der Waals surface area contributed by atoms with E-state index in [9.17, 15) is 23.1 Å². The number of alkyl halides is 3. The number of benzene rings is 1. The van der Waals surface area contributed by atoms with Crippen LogP contribution in [0.1, 0.15) is 45.1 Å². The molecule has 7 heteroatoms. The summed E-state index contributed by atoms with van der Waals surface area (Å²) in [5.74, 6) is -1.54. The summed E-state index contributed by atoms with van der Waals surface area (Å²) >= 11 is 0. The Bertz CT molecular complexity index is 543. The molecule has 142 valence electrons. The second kappa shape index (κ2) is 8.67. The molecule has 0 amide bonds. The summed E-state index contributed by atoms with van der Waals surface area (Å²) in [6.07, 6.45) is -2.81. The average Bonchev–Trinajstić information content (AvgIpc) is 2.53. The molecular formula is C18H25F3O4. The van der Waals surface area contributed by atoms with Crippen molar-refractivity contribution < 1.29 is 32.5 Å². The molecular weight excluding hydrogens is 337 g/mol. The zero-order valence-corrected chi connectivity index (χ0v) is 14.7. The van der Waals surface area contributed by atoms with Gasteiger partial charge in [0.2, 0.25) is 0 Å². The highest BCUT2D eigenvalue weighted by molar-refractivity contribution is 5.82. The van der Waals surface area contributed by atoms with E-state index in [0.29, 0.717) is 6.42 Å². The number of esters is 1. The molecule has 0 bridgehead atoms. The van der Waals surface area contributed by atoms with E-state index < -0.39 is 23.3 Å². The van der Waals surface area contributed by atoms with Crippen LogP contribution in [0.3, 0.4) is 0 Å². The van der Waals surface area contributed by atoms with Crippen LogP contribution in [0.5, 0.6) is 0 Å². The van der Waals surface area contributed by atoms with Gasteiger partial charge in [-0.2, -0.15) is 13.2 Å². The molecule has 1 aromatic rings. The second-order valence-corrected chi connectivity index (χ2v) is 6.24. The van der Waals surface area contributed by atoms with Crippen molar-refractivity contribution in [3.05, 3.63) is 35.9 Å². The van der Waals surface area contributed by atoms with E-state index in [1.807, 2.05) is 6.92 Å². The lowest BCUT2D eigenvalue weighted by molar-refractivity contribution is -0.276. The van der Waals surface area contributed by atoms with Gasteiger partial charge >= 0.3 is 12.1 Å². The molecule has 0 fully saturated rings. The Kier molecular flexibility index (Phi) is 7.44. The molecule has 4 nitrogen and oxygen atoms in total. The molecule has 0 heterocycles. The molecule has 1 N–H and O–H groups in total. The van der Waals surface area contributed by atoms with Gasteiger partial charge in [0.25, 0.3) is 5.60 Å². The molecule has 1 aromatic carbocycles. The van der Waals surface area contributed by atoms with Crippen LogP contribution in [0.2, 0.25) is 0 Å². The van der Waals surface area contributed by atoms with Crippen molar-refractivity contribution >= 4 is 5.97 Å². The third kappa shape index (κ3) is 5.19. The molecule has 0 saturated heterocycles. The number of aliphatic hydroxyl groups is 1. The number of unbranched alkanes of at least 4 members (excludes halogenated alkanes) is 1. The molecule has 0 aliphatic rings. The van der Waals surface area contributed by atoms with E-state index >= 15 is 0 Å². The number of carbonyl (C=O) groups is 1. The van der Waals surface area contributed by atoms with E-state index in [0.717, 1.165) is 32.1 Å². The highest BCUT2D eigenvalue weighted by atomic mass is 19.4. The smallest absolute Gasteiger partial charge is 0.432 e. The summed E-state index contributed by atoms with van der Waals surface area (Å²) < 4.78 is 50.5. The van der Waals surface area contributed by atoms with Crippen LogP contribution < -0.4 is 0 Å². The lowest BCUT2D eigenvalue weighted by Crippen LogP contribution is -2.52. The minimum Gasteiger partial charge on any atom is -0.463 e. The summed E-state index contributed by atoms with van der Waals surface area (Å²) in [5, 5.41) is 10.2. The number of hydrogen-bond donors (Lipinski definition) is 1. The van der Waals surface area contributed by atoms with Crippen molar-refractivity contribution in [2.45, 2.75) is 56.9 Å². The first-order chi connectivity index (χ1) is 11.6. The minimum absolute atomic E-state index is 0.0468. The third-order valence-electron chi connectivity index (χ3n) is 4.12. The van der Waals surface area contributed by atoms with Gasteiger partial charge < -0.3 is 14.6 Å². The topological polar surface area (TPSA) is 55.8 Å². The SMILES string of the molecule is CCCCC(C)(O)CCOC(=O)C(OC)(c1ccccc1)C(F)(F)F. The fraction of sp³-hybridized carbons (Fsp3) is 0.611. The highest BCUT2D eigenvalue weighted by Gasteiger charge is 2.64. The number of ether oxygens (including phenoxy) is 2. The molecule has 2 unspecified atom stereocenters. The van der Waals surface area contributed by atoms with E-state index in [1.165, 1.54) is 18.2 Å². The Morgan fingerprint density at radius 2 is 1.76 bits per heavy atom. The molecule has 0 aromatic heterocycles. The quantitative estimate of drug-likeness (QED) is 0.676. The number of hydrogen-bond acceptors (Lipinski definition) is 4.